The minimum atomic E-state index is -1.53. The third-order valence-electron chi connectivity index (χ3n) is 1.42. The van der Waals surface area contributed by atoms with Crippen molar-refractivity contribution in [2.75, 3.05) is 7.11 Å². The van der Waals surface area contributed by atoms with Crippen molar-refractivity contribution in [3.05, 3.63) is 20.9 Å². The highest BCUT2D eigenvalue weighted by Crippen LogP contribution is 2.36. The van der Waals surface area contributed by atoms with Gasteiger partial charge >= 0.3 is 0 Å². The van der Waals surface area contributed by atoms with Crippen LogP contribution in [0.2, 0.25) is 15.3 Å². The molecule has 0 bridgehead atoms. The molecule has 14 heavy (non-hydrogen) atoms. The summed E-state index contributed by atoms with van der Waals surface area (Å²) in [5.74, 6) is -1.69. The number of hydrogen-bond donors (Lipinski definition) is 0. The fourth-order valence-corrected chi connectivity index (χ4v) is 1.53. The van der Waals surface area contributed by atoms with Crippen molar-refractivity contribution in [3.63, 3.8) is 0 Å². The first kappa shape index (κ1) is 11.4. The summed E-state index contributed by atoms with van der Waals surface area (Å²) in [6.07, 6.45) is 0. The molecule has 7 heteroatoms. The van der Waals surface area contributed by atoms with Gasteiger partial charge in [0.2, 0.25) is 0 Å². The van der Waals surface area contributed by atoms with E-state index in [2.05, 4.69) is 4.98 Å². The zero-order chi connectivity index (χ0) is 10.9. The zero-order valence-corrected chi connectivity index (χ0v) is 9.07. The monoisotopic (exact) mass is 254 g/mol. The number of rotatable bonds is 2. The van der Waals surface area contributed by atoms with Crippen LogP contribution in [0.3, 0.4) is 0 Å². The molecule has 0 spiro atoms. The van der Waals surface area contributed by atoms with Crippen molar-refractivity contribution in [1.82, 2.24) is 4.98 Å². The number of halogens is 3. The lowest BCUT2D eigenvalue weighted by Gasteiger charge is -2.12. The number of carbonyl (C=O) groups excluding carboxylic acids is 1. The van der Waals surface area contributed by atoms with E-state index in [-0.39, 0.29) is 21.1 Å². The maximum Gasteiger partial charge on any atom is 0.153 e. The summed E-state index contributed by atoms with van der Waals surface area (Å²) in [6, 6.07) is 0. The normalized spacial score (nSPS) is 10.0. The summed E-state index contributed by atoms with van der Waals surface area (Å²) in [7, 11) is 1.24. The van der Waals surface area contributed by atoms with Gasteiger partial charge in [0.1, 0.15) is 10.2 Å². The first-order valence-corrected chi connectivity index (χ1v) is 4.42. The SMILES string of the molecule is COc1c(Cl)c(Cl)nc(Cl)c1C(=O)[O-]. The van der Waals surface area contributed by atoms with Crippen molar-refractivity contribution in [3.8, 4) is 5.75 Å². The Hall–Kier alpha value is -0.710. The van der Waals surface area contributed by atoms with Crippen molar-refractivity contribution in [2.45, 2.75) is 0 Å². The number of pyridine rings is 1. The fraction of sp³-hybridized carbons (Fsp3) is 0.143. The number of aromatic carboxylic acids is 1. The largest absolute Gasteiger partial charge is 0.545 e. The van der Waals surface area contributed by atoms with E-state index < -0.39 is 11.5 Å². The number of aromatic nitrogens is 1. The molecule has 1 aromatic heterocycles. The molecule has 4 nitrogen and oxygen atoms in total. The van der Waals surface area contributed by atoms with Gasteiger partial charge < -0.3 is 14.6 Å². The van der Waals surface area contributed by atoms with Crippen LogP contribution in [0.5, 0.6) is 5.75 Å². The van der Waals surface area contributed by atoms with E-state index in [0.29, 0.717) is 0 Å². The number of nitrogens with zero attached hydrogens (tertiary/aromatic N) is 1. The molecule has 0 saturated heterocycles. The second kappa shape index (κ2) is 4.21. The standard InChI is InChI=1S/C7H4Cl3NO3/c1-14-4-2(7(12)13)5(9)11-6(10)3(4)8/h1H3,(H,12,13)/p-1. The van der Waals surface area contributed by atoms with E-state index in [9.17, 15) is 9.90 Å². The number of carbonyl (C=O) groups is 1. The Balaban J connectivity index is 3.55. The van der Waals surface area contributed by atoms with Gasteiger partial charge in [-0.05, 0) is 0 Å². The molecule has 0 atom stereocenters. The van der Waals surface area contributed by atoms with Crippen molar-refractivity contribution in [1.29, 1.82) is 0 Å². The summed E-state index contributed by atoms with van der Waals surface area (Å²) >= 11 is 16.7. The Morgan fingerprint density at radius 3 is 2.36 bits per heavy atom. The van der Waals surface area contributed by atoms with Crippen molar-refractivity contribution >= 4 is 40.8 Å². The minimum absolute atomic E-state index is 0.113. The molecule has 0 amide bonds. The maximum absolute atomic E-state index is 10.6. The summed E-state index contributed by atoms with van der Waals surface area (Å²) in [5.41, 5.74) is -0.413. The molecule has 0 unspecified atom stereocenters. The van der Waals surface area contributed by atoms with Gasteiger partial charge in [-0.15, -0.1) is 0 Å². The third-order valence-corrected chi connectivity index (χ3v) is 2.41. The van der Waals surface area contributed by atoms with Crippen LogP contribution in [0.25, 0.3) is 0 Å². The lowest BCUT2D eigenvalue weighted by Crippen LogP contribution is -2.24. The Labute approximate surface area is 94.4 Å². The van der Waals surface area contributed by atoms with E-state index in [4.69, 9.17) is 39.5 Å². The molecule has 1 heterocycles. The highest BCUT2D eigenvalue weighted by Gasteiger charge is 2.18. The molecular formula is C7H3Cl3NO3-. The first-order valence-electron chi connectivity index (χ1n) is 3.28. The van der Waals surface area contributed by atoms with Crippen molar-refractivity contribution < 1.29 is 14.6 Å². The zero-order valence-electron chi connectivity index (χ0n) is 6.81. The van der Waals surface area contributed by atoms with Gasteiger partial charge in [-0.25, -0.2) is 4.98 Å². The molecule has 0 radical (unpaired) electrons. The average Bonchev–Trinajstić information content (AvgIpc) is 2.09. The first-order chi connectivity index (χ1) is 6.49. The van der Waals surface area contributed by atoms with Gasteiger partial charge in [0.05, 0.1) is 18.6 Å². The van der Waals surface area contributed by atoms with E-state index >= 15 is 0 Å². The molecule has 1 aromatic rings. The third kappa shape index (κ3) is 1.87. The van der Waals surface area contributed by atoms with Crippen LogP contribution >= 0.6 is 34.8 Å². The van der Waals surface area contributed by atoms with Crippen LogP contribution < -0.4 is 9.84 Å². The number of ether oxygens (including phenoxy) is 1. The second-order valence-corrected chi connectivity index (χ2v) is 3.30. The molecule has 76 valence electrons. The molecule has 0 saturated carbocycles. The van der Waals surface area contributed by atoms with Crippen LogP contribution in [0.4, 0.5) is 0 Å². The quantitative estimate of drug-likeness (QED) is 0.750. The molecule has 0 aromatic carbocycles. The van der Waals surface area contributed by atoms with Gasteiger partial charge in [0, 0.05) is 0 Å². The van der Waals surface area contributed by atoms with Crippen LogP contribution in [0, 0.1) is 0 Å². The van der Waals surface area contributed by atoms with E-state index in [1.54, 1.807) is 0 Å². The summed E-state index contributed by atoms with van der Waals surface area (Å²) in [4.78, 5) is 14.1. The maximum atomic E-state index is 10.6. The Kier molecular flexibility index (Phi) is 3.42. The van der Waals surface area contributed by atoms with Crippen LogP contribution in [-0.2, 0) is 0 Å². The van der Waals surface area contributed by atoms with Gasteiger partial charge in [-0.2, -0.15) is 0 Å². The molecule has 0 aliphatic carbocycles. The van der Waals surface area contributed by atoms with Gasteiger partial charge in [0.25, 0.3) is 0 Å². The van der Waals surface area contributed by atoms with Gasteiger partial charge in [-0.3, -0.25) is 0 Å². The molecule has 0 aliphatic heterocycles. The van der Waals surface area contributed by atoms with E-state index in [1.807, 2.05) is 0 Å². The molecular weight excluding hydrogens is 252 g/mol. The fourth-order valence-electron chi connectivity index (χ4n) is 0.857. The smallest absolute Gasteiger partial charge is 0.153 e. The minimum Gasteiger partial charge on any atom is -0.545 e. The second-order valence-electron chi connectivity index (χ2n) is 2.20. The van der Waals surface area contributed by atoms with Crippen LogP contribution in [-0.4, -0.2) is 18.1 Å². The van der Waals surface area contributed by atoms with Crippen LogP contribution in [0.15, 0.2) is 0 Å². The van der Waals surface area contributed by atoms with Crippen molar-refractivity contribution in [2.24, 2.45) is 0 Å². The Morgan fingerprint density at radius 2 is 1.93 bits per heavy atom. The molecule has 1 rings (SSSR count). The topological polar surface area (TPSA) is 62.2 Å². The predicted molar refractivity (Wildman–Crippen MR) is 50.1 cm³/mol. The number of hydrogen-bond acceptors (Lipinski definition) is 4. The summed E-state index contributed by atoms with van der Waals surface area (Å²) < 4.78 is 4.74. The Bertz CT molecular complexity index is 394. The lowest BCUT2D eigenvalue weighted by atomic mass is 10.2. The molecule has 0 fully saturated rings. The number of carboxylic acid groups (broad SMARTS) is 1. The number of carboxylic acids is 1. The highest BCUT2D eigenvalue weighted by atomic mass is 35.5. The van der Waals surface area contributed by atoms with Gasteiger partial charge in [0.15, 0.2) is 10.9 Å². The van der Waals surface area contributed by atoms with E-state index in [1.165, 1.54) is 7.11 Å². The Morgan fingerprint density at radius 1 is 1.36 bits per heavy atom. The average molecular weight is 255 g/mol. The molecule has 0 aliphatic rings. The lowest BCUT2D eigenvalue weighted by molar-refractivity contribution is -0.255. The highest BCUT2D eigenvalue weighted by molar-refractivity contribution is 6.43. The van der Waals surface area contributed by atoms with E-state index in [0.717, 1.165) is 0 Å². The molecule has 0 N–H and O–H groups in total. The predicted octanol–water partition coefficient (Wildman–Crippen LogP) is 1.41. The van der Waals surface area contributed by atoms with Crippen LogP contribution in [0.1, 0.15) is 10.4 Å². The summed E-state index contributed by atoms with van der Waals surface area (Å²) in [5, 5.41) is 10.1. The number of methoxy groups -OCH3 is 1. The summed E-state index contributed by atoms with van der Waals surface area (Å²) in [6.45, 7) is 0. The van der Waals surface area contributed by atoms with Gasteiger partial charge in [-0.1, -0.05) is 34.8 Å².